The number of carbonyl (C=O) groups excluding carboxylic acids is 2. The van der Waals surface area contributed by atoms with Gasteiger partial charge in [0.15, 0.2) is 0 Å². The molecular weight excluding hydrogens is 583 g/mol. The lowest BCUT2D eigenvalue weighted by atomic mass is 9.99. The number of amides is 2. The SMILES string of the molecule is O=C(N[C@@H](Cc1ccccc1)P(=O)(O)CC(Cc1ccccc1)C(=O)NC(Cc1cnc[nH]1)C(=O)O)OCc1ccccc1. The Morgan fingerprint density at radius 3 is 1.93 bits per heavy atom. The molecule has 0 aliphatic rings. The molecule has 4 rings (SSSR count). The van der Waals surface area contributed by atoms with Crippen molar-refractivity contribution in [2.75, 3.05) is 6.16 Å². The molecule has 12 heteroatoms. The van der Waals surface area contributed by atoms with Crippen molar-refractivity contribution < 1.29 is 33.7 Å². The molecule has 0 aliphatic heterocycles. The molecule has 44 heavy (non-hydrogen) atoms. The average Bonchev–Trinajstić information content (AvgIpc) is 3.54. The van der Waals surface area contributed by atoms with Gasteiger partial charge in [0, 0.05) is 30.9 Å². The lowest BCUT2D eigenvalue weighted by molar-refractivity contribution is -0.142. The molecule has 0 aliphatic carbocycles. The molecule has 0 fully saturated rings. The number of carbonyl (C=O) groups is 3. The molecule has 0 spiro atoms. The maximum absolute atomic E-state index is 14.1. The largest absolute Gasteiger partial charge is 0.480 e. The second kappa shape index (κ2) is 15.7. The highest BCUT2D eigenvalue weighted by atomic mass is 31.2. The Morgan fingerprint density at radius 2 is 1.39 bits per heavy atom. The number of benzene rings is 3. The van der Waals surface area contributed by atoms with E-state index in [9.17, 15) is 28.9 Å². The summed E-state index contributed by atoms with van der Waals surface area (Å²) in [5, 5.41) is 14.9. The zero-order valence-corrected chi connectivity index (χ0v) is 24.8. The van der Waals surface area contributed by atoms with E-state index in [2.05, 4.69) is 20.6 Å². The third-order valence-electron chi connectivity index (χ3n) is 7.03. The number of ether oxygens (including phenoxy) is 1. The van der Waals surface area contributed by atoms with E-state index in [0.29, 0.717) is 11.3 Å². The second-order valence-corrected chi connectivity index (χ2v) is 12.9. The molecule has 5 N–H and O–H groups in total. The first-order chi connectivity index (χ1) is 21.2. The van der Waals surface area contributed by atoms with E-state index >= 15 is 0 Å². The van der Waals surface area contributed by atoms with Crippen LogP contribution in [0, 0.1) is 5.92 Å². The molecule has 4 aromatic rings. The summed E-state index contributed by atoms with van der Waals surface area (Å²) >= 11 is 0. The fourth-order valence-electron chi connectivity index (χ4n) is 4.72. The first-order valence-corrected chi connectivity index (χ1v) is 16.0. The number of alkyl carbamates (subject to hydrolysis) is 1. The van der Waals surface area contributed by atoms with Gasteiger partial charge in [0.25, 0.3) is 0 Å². The third-order valence-corrected chi connectivity index (χ3v) is 9.28. The standard InChI is InChI=1S/C32H35N4O7P/c37-30(35-28(31(38)39)18-27-19-33-22-34-27)26(16-23-10-4-1-5-11-23)21-44(41,42)29(17-24-12-6-2-7-13-24)36-32(40)43-20-25-14-8-3-9-15-25/h1-15,19,22,26,28-29H,16-18,20-21H2,(H,33,34)(H,35,37)(H,36,40)(H,38,39)(H,41,42)/t26?,28?,29-/m1/s1. The summed E-state index contributed by atoms with van der Waals surface area (Å²) in [6.45, 7) is -0.0353. The molecule has 0 saturated heterocycles. The predicted octanol–water partition coefficient (Wildman–Crippen LogP) is 4.15. The van der Waals surface area contributed by atoms with Gasteiger partial charge in [-0.25, -0.2) is 14.6 Å². The highest BCUT2D eigenvalue weighted by Crippen LogP contribution is 2.48. The summed E-state index contributed by atoms with van der Waals surface area (Å²) < 4.78 is 19.4. The van der Waals surface area contributed by atoms with Crippen LogP contribution < -0.4 is 10.6 Å². The summed E-state index contributed by atoms with van der Waals surface area (Å²) in [6, 6.07) is 25.5. The van der Waals surface area contributed by atoms with Crippen molar-refractivity contribution in [1.29, 1.82) is 0 Å². The third kappa shape index (κ3) is 9.93. The topological polar surface area (TPSA) is 171 Å². The van der Waals surface area contributed by atoms with E-state index in [1.54, 1.807) is 84.9 Å². The number of aliphatic carboxylic acids is 1. The number of aromatic amines is 1. The molecule has 0 bridgehead atoms. The van der Waals surface area contributed by atoms with Gasteiger partial charge < -0.3 is 30.4 Å². The summed E-state index contributed by atoms with van der Waals surface area (Å²) in [5.74, 6) is -4.32. The Kier molecular flexibility index (Phi) is 11.5. The molecular formula is C32H35N4O7P. The first-order valence-electron chi connectivity index (χ1n) is 14.1. The van der Waals surface area contributed by atoms with Crippen LogP contribution in [0.4, 0.5) is 4.79 Å². The van der Waals surface area contributed by atoms with Gasteiger partial charge in [0.1, 0.15) is 18.4 Å². The Hall–Kier alpha value is -4.73. The van der Waals surface area contributed by atoms with Crippen molar-refractivity contribution >= 4 is 25.3 Å². The minimum Gasteiger partial charge on any atom is -0.480 e. The van der Waals surface area contributed by atoms with Crippen LogP contribution in [0.2, 0.25) is 0 Å². The molecule has 0 radical (unpaired) electrons. The first kappa shape index (κ1) is 32.2. The van der Waals surface area contributed by atoms with Gasteiger partial charge in [-0.1, -0.05) is 91.0 Å². The quantitative estimate of drug-likeness (QED) is 0.124. The van der Waals surface area contributed by atoms with Crippen LogP contribution in [0.3, 0.4) is 0 Å². The van der Waals surface area contributed by atoms with E-state index < -0.39 is 49.2 Å². The van der Waals surface area contributed by atoms with Crippen LogP contribution in [-0.4, -0.2) is 55.9 Å². The Morgan fingerprint density at radius 1 is 0.818 bits per heavy atom. The number of aromatic nitrogens is 2. The number of hydrogen-bond acceptors (Lipinski definition) is 6. The van der Waals surface area contributed by atoms with E-state index in [1.807, 2.05) is 6.07 Å². The van der Waals surface area contributed by atoms with Gasteiger partial charge in [-0.2, -0.15) is 0 Å². The molecule has 230 valence electrons. The van der Waals surface area contributed by atoms with Crippen LogP contribution >= 0.6 is 7.37 Å². The second-order valence-electron chi connectivity index (χ2n) is 10.4. The molecule has 4 atom stereocenters. The van der Waals surface area contributed by atoms with Gasteiger partial charge in [-0.3, -0.25) is 9.36 Å². The lowest BCUT2D eigenvalue weighted by Gasteiger charge is -2.28. The van der Waals surface area contributed by atoms with Gasteiger partial charge >= 0.3 is 12.1 Å². The predicted molar refractivity (Wildman–Crippen MR) is 164 cm³/mol. The molecule has 2 amide bonds. The Bertz CT molecular complexity index is 1540. The maximum Gasteiger partial charge on any atom is 0.408 e. The number of nitrogens with one attached hydrogen (secondary N) is 3. The zero-order valence-electron chi connectivity index (χ0n) is 23.9. The van der Waals surface area contributed by atoms with Crippen LogP contribution in [0.1, 0.15) is 22.4 Å². The molecule has 0 saturated carbocycles. The van der Waals surface area contributed by atoms with Crippen molar-refractivity contribution in [3.05, 3.63) is 126 Å². The van der Waals surface area contributed by atoms with E-state index in [1.165, 1.54) is 12.5 Å². The van der Waals surface area contributed by atoms with Crippen LogP contribution in [0.15, 0.2) is 104 Å². The van der Waals surface area contributed by atoms with Gasteiger partial charge in [0.05, 0.1) is 12.2 Å². The smallest absolute Gasteiger partial charge is 0.408 e. The van der Waals surface area contributed by atoms with E-state index in [0.717, 1.165) is 11.1 Å². The summed E-state index contributed by atoms with van der Waals surface area (Å²) in [5.41, 5.74) is 2.68. The minimum absolute atomic E-state index is 0.00626. The van der Waals surface area contributed by atoms with Gasteiger partial charge in [-0.15, -0.1) is 0 Å². The maximum atomic E-state index is 14.1. The van der Waals surface area contributed by atoms with Gasteiger partial charge in [-0.05, 0) is 23.1 Å². The van der Waals surface area contributed by atoms with Crippen molar-refractivity contribution in [1.82, 2.24) is 20.6 Å². The number of H-pyrrole nitrogens is 1. The number of carboxylic acid groups (broad SMARTS) is 1. The fourth-order valence-corrected chi connectivity index (χ4v) is 6.70. The fraction of sp³-hybridized carbons (Fsp3) is 0.250. The molecule has 1 heterocycles. The van der Waals surface area contributed by atoms with Crippen molar-refractivity contribution in [2.24, 2.45) is 5.92 Å². The minimum atomic E-state index is -4.32. The van der Waals surface area contributed by atoms with Crippen LogP contribution in [0.25, 0.3) is 0 Å². The zero-order chi connectivity index (χ0) is 31.4. The number of hydrogen-bond donors (Lipinski definition) is 5. The molecule has 1 aromatic heterocycles. The number of carboxylic acids is 1. The van der Waals surface area contributed by atoms with Crippen LogP contribution in [-0.2, 0) is 44.8 Å². The lowest BCUT2D eigenvalue weighted by Crippen LogP contribution is -2.47. The number of nitrogens with zero attached hydrogens (tertiary/aromatic N) is 1. The van der Waals surface area contributed by atoms with Gasteiger partial charge in [0.2, 0.25) is 13.3 Å². The molecule has 3 aromatic carbocycles. The van der Waals surface area contributed by atoms with Crippen molar-refractivity contribution in [3.8, 4) is 0 Å². The summed E-state index contributed by atoms with van der Waals surface area (Å²) in [4.78, 5) is 56.6. The van der Waals surface area contributed by atoms with E-state index in [-0.39, 0.29) is 25.9 Å². The average molecular weight is 619 g/mol. The number of rotatable bonds is 15. The molecule has 3 unspecified atom stereocenters. The summed E-state index contributed by atoms with van der Waals surface area (Å²) in [6.07, 6.45) is 1.50. The summed E-state index contributed by atoms with van der Waals surface area (Å²) in [7, 11) is -4.32. The van der Waals surface area contributed by atoms with E-state index in [4.69, 9.17) is 4.74 Å². The monoisotopic (exact) mass is 618 g/mol. The normalized spacial score (nSPS) is 14.4. The Labute approximate surface area is 255 Å². The Balaban J connectivity index is 1.55. The molecule has 11 nitrogen and oxygen atoms in total. The number of imidazole rings is 1. The van der Waals surface area contributed by atoms with Crippen molar-refractivity contribution in [2.45, 2.75) is 37.7 Å². The van der Waals surface area contributed by atoms with Crippen molar-refractivity contribution in [3.63, 3.8) is 0 Å². The highest BCUT2D eigenvalue weighted by molar-refractivity contribution is 7.58. The van der Waals surface area contributed by atoms with Crippen LogP contribution in [0.5, 0.6) is 0 Å². The highest BCUT2D eigenvalue weighted by Gasteiger charge is 2.38.